The first-order chi connectivity index (χ1) is 12.5. The second kappa shape index (κ2) is 6.57. The Hall–Kier alpha value is -2.67. The number of aromatic amines is 1. The normalized spacial score (nSPS) is 18.2. The highest BCUT2D eigenvalue weighted by atomic mass is 32.2. The third-order valence-electron chi connectivity index (χ3n) is 4.99. The number of benzene rings is 1. The van der Waals surface area contributed by atoms with Crippen molar-refractivity contribution in [3.63, 3.8) is 0 Å². The van der Waals surface area contributed by atoms with Crippen LogP contribution in [-0.2, 0) is 28.1 Å². The van der Waals surface area contributed by atoms with Crippen molar-refractivity contribution in [2.24, 2.45) is 4.36 Å². The van der Waals surface area contributed by atoms with Crippen LogP contribution in [0.5, 0.6) is 0 Å². The predicted octanol–water partition coefficient (Wildman–Crippen LogP) is 3.51. The standard InChI is InChI=1S/C19H19N3O3S/c1-11(22-26(24)25)12-6-7-18-15(9-12)16(19(23)21-18)10-14-8-13-4-2-3-5-17(13)20-14/h6-11,20H,2-5H2,1H3,(H,21,23)/b16-10-. The lowest BCUT2D eigenvalue weighted by Gasteiger charge is -2.08. The van der Waals surface area contributed by atoms with Gasteiger partial charge in [0.05, 0.1) is 11.6 Å². The molecule has 0 saturated carbocycles. The average molecular weight is 369 g/mol. The van der Waals surface area contributed by atoms with Gasteiger partial charge >= 0.3 is 10.5 Å². The molecular weight excluding hydrogens is 350 g/mol. The van der Waals surface area contributed by atoms with Crippen LogP contribution < -0.4 is 5.32 Å². The molecule has 0 saturated heterocycles. The summed E-state index contributed by atoms with van der Waals surface area (Å²) in [6, 6.07) is 7.05. The number of aromatic nitrogens is 1. The molecule has 2 aliphatic rings. The molecule has 2 heterocycles. The summed E-state index contributed by atoms with van der Waals surface area (Å²) >= 11 is 0. The van der Waals surface area contributed by atoms with E-state index in [0.717, 1.165) is 35.3 Å². The van der Waals surface area contributed by atoms with Gasteiger partial charge in [0.15, 0.2) is 0 Å². The van der Waals surface area contributed by atoms with E-state index >= 15 is 0 Å². The van der Waals surface area contributed by atoms with Gasteiger partial charge in [-0.1, -0.05) is 6.07 Å². The lowest BCUT2D eigenvalue weighted by Crippen LogP contribution is -2.03. The fourth-order valence-electron chi connectivity index (χ4n) is 3.66. The number of rotatable bonds is 3. The second-order valence-electron chi connectivity index (χ2n) is 6.75. The summed E-state index contributed by atoms with van der Waals surface area (Å²) in [6.45, 7) is 1.71. The molecule has 7 heteroatoms. The van der Waals surface area contributed by atoms with Crippen LogP contribution in [0.1, 0.15) is 53.9 Å². The van der Waals surface area contributed by atoms with Crippen molar-refractivity contribution in [2.75, 3.05) is 5.32 Å². The zero-order valence-electron chi connectivity index (χ0n) is 14.4. The Labute approximate surface area is 153 Å². The van der Waals surface area contributed by atoms with E-state index in [4.69, 9.17) is 0 Å². The average Bonchev–Trinajstić information content (AvgIpc) is 3.14. The zero-order chi connectivity index (χ0) is 18.3. The van der Waals surface area contributed by atoms with Crippen molar-refractivity contribution in [3.05, 3.63) is 52.3 Å². The Bertz CT molecular complexity index is 1030. The van der Waals surface area contributed by atoms with E-state index < -0.39 is 16.5 Å². The summed E-state index contributed by atoms with van der Waals surface area (Å²) in [5, 5.41) is 2.86. The quantitative estimate of drug-likeness (QED) is 0.811. The predicted molar refractivity (Wildman–Crippen MR) is 100 cm³/mol. The molecule has 1 amide bonds. The van der Waals surface area contributed by atoms with E-state index in [1.54, 1.807) is 19.1 Å². The summed E-state index contributed by atoms with van der Waals surface area (Å²) in [6.07, 6.45) is 6.40. The number of hydrogen-bond donors (Lipinski definition) is 2. The monoisotopic (exact) mass is 369 g/mol. The summed E-state index contributed by atoms with van der Waals surface area (Å²) in [5.41, 5.74) is 6.37. The molecular formula is C19H19N3O3S. The maximum atomic E-state index is 12.4. The molecule has 1 atom stereocenters. The molecule has 1 aliphatic heterocycles. The number of nitrogens with one attached hydrogen (secondary N) is 2. The minimum atomic E-state index is -2.47. The van der Waals surface area contributed by atoms with Crippen LogP contribution in [0, 0.1) is 0 Å². The van der Waals surface area contributed by atoms with Gasteiger partial charge in [0.25, 0.3) is 5.91 Å². The van der Waals surface area contributed by atoms with E-state index in [2.05, 4.69) is 20.7 Å². The van der Waals surface area contributed by atoms with Gasteiger partial charge in [0.1, 0.15) is 0 Å². The van der Waals surface area contributed by atoms with E-state index in [1.807, 2.05) is 12.1 Å². The minimum absolute atomic E-state index is 0.151. The third-order valence-corrected chi connectivity index (χ3v) is 5.48. The van der Waals surface area contributed by atoms with Gasteiger partial charge in [0, 0.05) is 22.6 Å². The van der Waals surface area contributed by atoms with Crippen LogP contribution in [0.2, 0.25) is 0 Å². The maximum Gasteiger partial charge on any atom is 0.311 e. The van der Waals surface area contributed by atoms with Crippen LogP contribution in [0.15, 0.2) is 28.6 Å². The SMILES string of the molecule is CC(N=S(=O)=O)c1ccc2c(c1)/C(=C/c1cc3c([nH]1)CCCC3)C(=O)N2. The Morgan fingerprint density at radius 2 is 2.00 bits per heavy atom. The Balaban J connectivity index is 1.74. The number of carbonyl (C=O) groups excluding carboxylic acids is 1. The van der Waals surface area contributed by atoms with Crippen LogP contribution >= 0.6 is 0 Å². The van der Waals surface area contributed by atoms with Crippen molar-refractivity contribution >= 4 is 33.7 Å². The van der Waals surface area contributed by atoms with Gasteiger partial charge < -0.3 is 10.3 Å². The van der Waals surface area contributed by atoms with E-state index in [9.17, 15) is 13.2 Å². The number of fused-ring (bicyclic) bond motifs is 2. The van der Waals surface area contributed by atoms with Crippen molar-refractivity contribution in [1.82, 2.24) is 4.98 Å². The Morgan fingerprint density at radius 1 is 1.19 bits per heavy atom. The van der Waals surface area contributed by atoms with Gasteiger partial charge in [-0.3, -0.25) is 4.79 Å². The van der Waals surface area contributed by atoms with Gasteiger partial charge in [-0.15, -0.1) is 0 Å². The maximum absolute atomic E-state index is 12.4. The molecule has 1 aromatic carbocycles. The number of aryl methyl sites for hydroxylation is 2. The van der Waals surface area contributed by atoms with Crippen molar-refractivity contribution in [2.45, 2.75) is 38.6 Å². The van der Waals surface area contributed by atoms with Gasteiger partial charge in [-0.2, -0.15) is 12.8 Å². The van der Waals surface area contributed by atoms with Gasteiger partial charge in [-0.05, 0) is 68.0 Å². The summed E-state index contributed by atoms with van der Waals surface area (Å²) < 4.78 is 25.3. The molecule has 1 aliphatic carbocycles. The van der Waals surface area contributed by atoms with Crippen LogP contribution in [0.4, 0.5) is 5.69 Å². The molecule has 1 aromatic heterocycles. The Kier molecular flexibility index (Phi) is 4.24. The number of nitrogens with zero attached hydrogens (tertiary/aromatic N) is 1. The van der Waals surface area contributed by atoms with E-state index in [0.29, 0.717) is 5.57 Å². The number of hydrogen-bond acceptors (Lipinski definition) is 4. The lowest BCUT2D eigenvalue weighted by atomic mass is 9.98. The molecule has 2 aromatic rings. The summed E-state index contributed by atoms with van der Waals surface area (Å²) in [4.78, 5) is 15.8. The molecule has 0 radical (unpaired) electrons. The Morgan fingerprint density at radius 3 is 2.77 bits per heavy atom. The molecule has 0 spiro atoms. The highest BCUT2D eigenvalue weighted by Gasteiger charge is 2.25. The summed E-state index contributed by atoms with van der Waals surface area (Å²) in [5.74, 6) is -0.151. The van der Waals surface area contributed by atoms with Gasteiger partial charge in [0.2, 0.25) is 0 Å². The highest BCUT2D eigenvalue weighted by molar-refractivity contribution is 7.61. The topological polar surface area (TPSA) is 91.4 Å². The van der Waals surface area contributed by atoms with Gasteiger partial charge in [-0.25, -0.2) is 0 Å². The fourth-order valence-corrected chi connectivity index (χ4v) is 4.04. The minimum Gasteiger partial charge on any atom is -0.359 e. The molecule has 0 bridgehead atoms. The third kappa shape index (κ3) is 3.10. The first kappa shape index (κ1) is 16.8. The van der Waals surface area contributed by atoms with Crippen LogP contribution in [0.25, 0.3) is 11.6 Å². The molecule has 134 valence electrons. The first-order valence-corrected chi connectivity index (χ1v) is 9.73. The van der Waals surface area contributed by atoms with E-state index in [1.165, 1.54) is 24.1 Å². The number of carbonyl (C=O) groups is 1. The molecule has 4 rings (SSSR count). The molecule has 1 unspecified atom stereocenters. The molecule has 0 fully saturated rings. The fraction of sp³-hybridized carbons (Fsp3) is 0.316. The smallest absolute Gasteiger partial charge is 0.311 e. The molecule has 6 nitrogen and oxygen atoms in total. The zero-order valence-corrected chi connectivity index (χ0v) is 15.2. The second-order valence-corrected chi connectivity index (χ2v) is 7.40. The first-order valence-electron chi connectivity index (χ1n) is 8.69. The largest absolute Gasteiger partial charge is 0.359 e. The van der Waals surface area contributed by atoms with E-state index in [-0.39, 0.29) is 5.91 Å². The summed E-state index contributed by atoms with van der Waals surface area (Å²) in [7, 11) is -2.47. The molecule has 26 heavy (non-hydrogen) atoms. The van der Waals surface area contributed by atoms with Crippen molar-refractivity contribution in [3.8, 4) is 0 Å². The number of amides is 1. The van der Waals surface area contributed by atoms with Crippen molar-refractivity contribution < 1.29 is 13.2 Å². The van der Waals surface area contributed by atoms with Crippen molar-refractivity contribution in [1.29, 1.82) is 0 Å². The number of anilines is 1. The highest BCUT2D eigenvalue weighted by Crippen LogP contribution is 2.36. The van der Waals surface area contributed by atoms with Crippen LogP contribution in [-0.4, -0.2) is 19.3 Å². The molecule has 2 N–H and O–H groups in total. The van der Waals surface area contributed by atoms with Crippen LogP contribution in [0.3, 0.4) is 0 Å². The lowest BCUT2D eigenvalue weighted by molar-refractivity contribution is -0.110. The number of H-pyrrole nitrogens is 1.